The minimum atomic E-state index is -0.762. The highest BCUT2D eigenvalue weighted by Gasteiger charge is 2.48. The summed E-state index contributed by atoms with van der Waals surface area (Å²) in [6.45, 7) is 1.87. The van der Waals surface area contributed by atoms with Crippen LogP contribution in [0.15, 0.2) is 0 Å². The van der Waals surface area contributed by atoms with Crippen molar-refractivity contribution in [1.82, 2.24) is 14.8 Å². The molecule has 0 radical (unpaired) electrons. The highest BCUT2D eigenvalue weighted by Crippen LogP contribution is 2.41. The predicted molar refractivity (Wildman–Crippen MR) is 69.9 cm³/mol. The molecular weight excluding hydrogens is 242 g/mol. The van der Waals surface area contributed by atoms with Gasteiger partial charge in [-0.25, -0.2) is 4.79 Å². The summed E-state index contributed by atoms with van der Waals surface area (Å²) >= 11 is 0. The average Bonchev–Trinajstić information content (AvgIpc) is 2.91. The Hall–Kier alpha value is -1.39. The Morgan fingerprint density at radius 1 is 1.32 bits per heavy atom. The molecule has 0 spiro atoms. The third-order valence-corrected chi connectivity index (χ3v) is 4.84. The van der Waals surface area contributed by atoms with Crippen LogP contribution in [-0.2, 0) is 16.8 Å². The van der Waals surface area contributed by atoms with E-state index < -0.39 is 11.5 Å². The maximum Gasteiger partial charge on any atom is 0.329 e. The quantitative estimate of drug-likeness (QED) is 0.905. The van der Waals surface area contributed by atoms with Crippen LogP contribution in [0.25, 0.3) is 0 Å². The minimum Gasteiger partial charge on any atom is -0.479 e. The molecule has 2 fully saturated rings. The van der Waals surface area contributed by atoms with E-state index in [1.54, 1.807) is 0 Å². The van der Waals surface area contributed by atoms with Gasteiger partial charge in [-0.1, -0.05) is 25.7 Å². The maximum atomic E-state index is 11.7. The summed E-state index contributed by atoms with van der Waals surface area (Å²) in [5, 5.41) is 18.0. The van der Waals surface area contributed by atoms with E-state index in [-0.39, 0.29) is 0 Å². The molecule has 1 aromatic rings. The molecule has 5 heteroatoms. The van der Waals surface area contributed by atoms with Crippen LogP contribution in [0.5, 0.6) is 0 Å². The van der Waals surface area contributed by atoms with Gasteiger partial charge in [0.15, 0.2) is 0 Å². The fourth-order valence-electron chi connectivity index (χ4n) is 3.61. The van der Waals surface area contributed by atoms with Gasteiger partial charge in [0.05, 0.1) is 0 Å². The molecule has 0 aromatic carbocycles. The topological polar surface area (TPSA) is 68.0 Å². The molecule has 1 aromatic heterocycles. The normalized spacial score (nSPS) is 22.4. The molecule has 2 aliphatic rings. The zero-order valence-corrected chi connectivity index (χ0v) is 11.4. The monoisotopic (exact) mass is 263 g/mol. The van der Waals surface area contributed by atoms with Crippen LogP contribution in [0.1, 0.15) is 56.6 Å². The van der Waals surface area contributed by atoms with Crippen LogP contribution in [0.4, 0.5) is 0 Å². The van der Waals surface area contributed by atoms with Crippen LogP contribution in [-0.4, -0.2) is 25.8 Å². The lowest BCUT2D eigenvalue weighted by Gasteiger charge is -2.40. The van der Waals surface area contributed by atoms with Crippen molar-refractivity contribution in [3.8, 4) is 0 Å². The number of hydrogen-bond donors (Lipinski definition) is 1. The smallest absolute Gasteiger partial charge is 0.329 e. The fraction of sp³-hybridized carbons (Fsp3) is 0.786. The van der Waals surface area contributed by atoms with Crippen molar-refractivity contribution in [2.75, 3.05) is 0 Å². The molecule has 104 valence electrons. The summed E-state index contributed by atoms with van der Waals surface area (Å²) < 4.78 is 1.91. The second-order valence-electron chi connectivity index (χ2n) is 6.04. The maximum absolute atomic E-state index is 11.7. The van der Waals surface area contributed by atoms with E-state index >= 15 is 0 Å². The molecule has 1 N–H and O–H groups in total. The van der Waals surface area contributed by atoms with Gasteiger partial charge in [-0.05, 0) is 32.1 Å². The van der Waals surface area contributed by atoms with Crippen molar-refractivity contribution in [1.29, 1.82) is 0 Å². The van der Waals surface area contributed by atoms with Crippen LogP contribution < -0.4 is 0 Å². The Labute approximate surface area is 113 Å². The number of carboxylic acid groups (broad SMARTS) is 1. The van der Waals surface area contributed by atoms with Crippen molar-refractivity contribution < 1.29 is 9.90 Å². The lowest BCUT2D eigenvalue weighted by atomic mass is 9.76. The van der Waals surface area contributed by atoms with Gasteiger partial charge in [0.2, 0.25) is 0 Å². The molecule has 5 nitrogen and oxygen atoms in total. The molecular formula is C14H21N3O2. The van der Waals surface area contributed by atoms with Crippen molar-refractivity contribution in [2.24, 2.45) is 5.92 Å². The molecule has 0 saturated heterocycles. The van der Waals surface area contributed by atoms with Gasteiger partial charge in [0.25, 0.3) is 0 Å². The van der Waals surface area contributed by atoms with Crippen molar-refractivity contribution in [3.63, 3.8) is 0 Å². The first-order valence-electron chi connectivity index (χ1n) is 7.28. The van der Waals surface area contributed by atoms with Crippen molar-refractivity contribution in [2.45, 2.75) is 63.8 Å². The average molecular weight is 263 g/mol. The number of carbonyl (C=O) groups is 1. The molecule has 1 heterocycles. The van der Waals surface area contributed by atoms with Gasteiger partial charge in [0, 0.05) is 6.42 Å². The van der Waals surface area contributed by atoms with Gasteiger partial charge >= 0.3 is 5.97 Å². The van der Waals surface area contributed by atoms with E-state index in [0.29, 0.717) is 18.8 Å². The number of hydrogen-bond acceptors (Lipinski definition) is 3. The zero-order chi connectivity index (χ0) is 13.5. The molecule has 2 aliphatic carbocycles. The summed E-state index contributed by atoms with van der Waals surface area (Å²) in [6.07, 6.45) is 8.35. The van der Waals surface area contributed by atoms with Gasteiger partial charge < -0.3 is 5.11 Å². The third kappa shape index (κ3) is 1.95. The number of carboxylic acids is 1. The van der Waals surface area contributed by atoms with E-state index in [9.17, 15) is 9.90 Å². The van der Waals surface area contributed by atoms with E-state index in [1.807, 2.05) is 11.5 Å². The Bertz CT molecular complexity index is 485. The Kier molecular flexibility index (Phi) is 3.07. The first kappa shape index (κ1) is 12.6. The molecule has 0 aliphatic heterocycles. The molecule has 0 amide bonds. The highest BCUT2D eigenvalue weighted by atomic mass is 16.4. The first-order valence-corrected chi connectivity index (χ1v) is 7.28. The van der Waals surface area contributed by atoms with Crippen LogP contribution in [0.2, 0.25) is 0 Å². The zero-order valence-electron chi connectivity index (χ0n) is 11.4. The van der Waals surface area contributed by atoms with Gasteiger partial charge in [-0.2, -0.15) is 0 Å². The Morgan fingerprint density at radius 3 is 2.53 bits per heavy atom. The molecule has 0 unspecified atom stereocenters. The Morgan fingerprint density at radius 2 is 2.00 bits per heavy atom. The molecule has 3 rings (SSSR count). The number of aryl methyl sites for hydroxylation is 1. The largest absolute Gasteiger partial charge is 0.479 e. The van der Waals surface area contributed by atoms with Crippen molar-refractivity contribution in [3.05, 3.63) is 11.6 Å². The van der Waals surface area contributed by atoms with Crippen LogP contribution in [0.3, 0.4) is 0 Å². The molecule has 19 heavy (non-hydrogen) atoms. The standard InChI is InChI=1S/C14H21N3O2/c1-10-15-16-12(9-11-5-2-3-6-11)17(10)14(13(18)19)7-4-8-14/h11H,2-9H2,1H3,(H,18,19). The van der Waals surface area contributed by atoms with Crippen molar-refractivity contribution >= 4 is 5.97 Å². The number of nitrogens with zero attached hydrogens (tertiary/aromatic N) is 3. The Balaban J connectivity index is 1.91. The second kappa shape index (κ2) is 4.62. The molecule has 0 bridgehead atoms. The predicted octanol–water partition coefficient (Wildman–Crippen LogP) is 2.28. The van der Waals surface area contributed by atoms with E-state index in [4.69, 9.17) is 0 Å². The summed E-state index contributed by atoms with van der Waals surface area (Å²) in [5.41, 5.74) is -0.762. The van der Waals surface area contributed by atoms with Crippen LogP contribution >= 0.6 is 0 Å². The summed E-state index contributed by atoms with van der Waals surface area (Å²) in [5.74, 6) is 1.56. The lowest BCUT2D eigenvalue weighted by Crippen LogP contribution is -2.49. The van der Waals surface area contributed by atoms with E-state index in [2.05, 4.69) is 10.2 Å². The van der Waals surface area contributed by atoms with Crippen LogP contribution in [0, 0.1) is 12.8 Å². The summed E-state index contributed by atoms with van der Waals surface area (Å²) in [4.78, 5) is 11.7. The second-order valence-corrected chi connectivity index (χ2v) is 6.04. The van der Waals surface area contributed by atoms with E-state index in [0.717, 1.165) is 24.5 Å². The highest BCUT2D eigenvalue weighted by molar-refractivity contribution is 5.78. The number of rotatable bonds is 4. The fourth-order valence-corrected chi connectivity index (χ4v) is 3.61. The number of aliphatic carboxylic acids is 1. The lowest BCUT2D eigenvalue weighted by molar-refractivity contribution is -0.152. The summed E-state index contributed by atoms with van der Waals surface area (Å²) in [6, 6.07) is 0. The molecule has 0 atom stereocenters. The van der Waals surface area contributed by atoms with Gasteiger partial charge in [-0.15, -0.1) is 10.2 Å². The first-order chi connectivity index (χ1) is 9.13. The molecule has 2 saturated carbocycles. The summed E-state index contributed by atoms with van der Waals surface area (Å²) in [7, 11) is 0. The number of aromatic nitrogens is 3. The van der Waals surface area contributed by atoms with Gasteiger partial charge in [-0.3, -0.25) is 4.57 Å². The van der Waals surface area contributed by atoms with E-state index in [1.165, 1.54) is 25.7 Å². The minimum absolute atomic E-state index is 0.660. The third-order valence-electron chi connectivity index (χ3n) is 4.84. The van der Waals surface area contributed by atoms with Gasteiger partial charge in [0.1, 0.15) is 17.2 Å². The SMILES string of the molecule is Cc1nnc(CC2CCCC2)n1C1(C(=O)O)CCC1.